The molecule has 4 aromatic rings. The Morgan fingerprint density at radius 1 is 1.12 bits per heavy atom. The number of fused-ring (bicyclic) bond motifs is 1. The van der Waals surface area contributed by atoms with Gasteiger partial charge < -0.3 is 5.32 Å². The minimum Gasteiger partial charge on any atom is -0.350 e. The molecule has 130 valence electrons. The first-order valence-corrected chi connectivity index (χ1v) is 9.96. The Bertz CT molecular complexity index is 1030. The zero-order valence-electron chi connectivity index (χ0n) is 13.9. The van der Waals surface area contributed by atoms with Crippen LogP contribution in [0.1, 0.15) is 5.56 Å². The molecule has 26 heavy (non-hydrogen) atoms. The molecular formula is C18H15BrN6S. The number of rotatable bonds is 5. The van der Waals surface area contributed by atoms with Crippen molar-refractivity contribution in [3.8, 4) is 11.3 Å². The molecule has 0 fully saturated rings. The lowest BCUT2D eigenvalue weighted by Gasteiger charge is -2.09. The Hall–Kier alpha value is -2.45. The van der Waals surface area contributed by atoms with Gasteiger partial charge in [-0.1, -0.05) is 42.1 Å². The van der Waals surface area contributed by atoms with Crippen molar-refractivity contribution < 1.29 is 0 Å². The molecule has 1 N–H and O–H groups in total. The molecule has 0 saturated heterocycles. The van der Waals surface area contributed by atoms with E-state index in [0.29, 0.717) is 17.6 Å². The van der Waals surface area contributed by atoms with E-state index in [-0.39, 0.29) is 0 Å². The summed E-state index contributed by atoms with van der Waals surface area (Å²) in [4.78, 5) is 13.4. The summed E-state index contributed by atoms with van der Waals surface area (Å²) in [5.41, 5.74) is 3.96. The molecule has 3 aromatic heterocycles. The quantitative estimate of drug-likeness (QED) is 0.480. The number of nitrogens with zero attached hydrogens (tertiary/aromatic N) is 5. The average Bonchev–Trinajstić information content (AvgIpc) is 3.08. The van der Waals surface area contributed by atoms with E-state index in [1.807, 2.05) is 24.5 Å². The number of pyridine rings is 1. The minimum atomic E-state index is 0.639. The Morgan fingerprint density at radius 2 is 1.96 bits per heavy atom. The highest BCUT2D eigenvalue weighted by atomic mass is 79.9. The Kier molecular flexibility index (Phi) is 4.85. The number of aromatic nitrogens is 5. The molecule has 6 nitrogen and oxygen atoms in total. The van der Waals surface area contributed by atoms with Gasteiger partial charge in [-0.05, 0) is 39.9 Å². The van der Waals surface area contributed by atoms with Crippen LogP contribution in [-0.2, 0) is 6.54 Å². The summed E-state index contributed by atoms with van der Waals surface area (Å²) in [7, 11) is 0. The topological polar surface area (TPSA) is 68.0 Å². The summed E-state index contributed by atoms with van der Waals surface area (Å²) in [6.45, 7) is 0.639. The van der Waals surface area contributed by atoms with Crippen LogP contribution in [0.2, 0.25) is 0 Å². The van der Waals surface area contributed by atoms with Gasteiger partial charge in [0.25, 0.3) is 0 Å². The van der Waals surface area contributed by atoms with Crippen LogP contribution in [-0.4, -0.2) is 30.8 Å². The van der Waals surface area contributed by atoms with Crippen LogP contribution in [0.3, 0.4) is 0 Å². The van der Waals surface area contributed by atoms with Gasteiger partial charge in [-0.2, -0.15) is 14.6 Å². The molecule has 0 saturated carbocycles. The molecule has 0 aliphatic heterocycles. The summed E-state index contributed by atoms with van der Waals surface area (Å²) < 4.78 is 2.55. The second kappa shape index (κ2) is 7.43. The van der Waals surface area contributed by atoms with Gasteiger partial charge in [-0.3, -0.25) is 4.98 Å². The maximum Gasteiger partial charge on any atom is 0.228 e. The van der Waals surface area contributed by atoms with E-state index in [1.54, 1.807) is 16.9 Å². The summed E-state index contributed by atoms with van der Waals surface area (Å²) in [6, 6.07) is 14.2. The average molecular weight is 427 g/mol. The van der Waals surface area contributed by atoms with Crippen LogP contribution in [0, 0.1) is 0 Å². The van der Waals surface area contributed by atoms with Gasteiger partial charge in [0, 0.05) is 18.3 Å². The summed E-state index contributed by atoms with van der Waals surface area (Å²) >= 11 is 4.97. The van der Waals surface area contributed by atoms with E-state index in [0.717, 1.165) is 26.9 Å². The van der Waals surface area contributed by atoms with E-state index in [2.05, 4.69) is 65.6 Å². The molecule has 0 aliphatic carbocycles. The second-order valence-electron chi connectivity index (χ2n) is 5.53. The number of hydrogen-bond donors (Lipinski definition) is 1. The SMILES string of the molecule is CSc1nc(NCc2ccc(-c3ccccn3)cc2)n2ncc(Br)c2n1. The van der Waals surface area contributed by atoms with Crippen molar-refractivity contribution in [2.75, 3.05) is 11.6 Å². The molecule has 3 heterocycles. The van der Waals surface area contributed by atoms with Gasteiger partial charge in [-0.15, -0.1) is 0 Å². The third-order valence-corrected chi connectivity index (χ3v) is 4.96. The van der Waals surface area contributed by atoms with Crippen molar-refractivity contribution in [1.29, 1.82) is 0 Å². The first kappa shape index (κ1) is 17.0. The fourth-order valence-electron chi connectivity index (χ4n) is 2.55. The Balaban J connectivity index is 1.55. The van der Waals surface area contributed by atoms with Gasteiger partial charge in [0.15, 0.2) is 10.8 Å². The van der Waals surface area contributed by atoms with Crippen molar-refractivity contribution in [3.05, 3.63) is 64.9 Å². The molecule has 0 radical (unpaired) electrons. The molecule has 0 atom stereocenters. The van der Waals surface area contributed by atoms with Gasteiger partial charge in [0.2, 0.25) is 5.95 Å². The molecule has 4 rings (SSSR count). The molecule has 0 amide bonds. The fraction of sp³-hybridized carbons (Fsp3) is 0.111. The lowest BCUT2D eigenvalue weighted by Crippen LogP contribution is -2.09. The van der Waals surface area contributed by atoms with E-state index in [1.165, 1.54) is 11.8 Å². The van der Waals surface area contributed by atoms with Crippen LogP contribution < -0.4 is 5.32 Å². The lowest BCUT2D eigenvalue weighted by atomic mass is 10.1. The number of benzene rings is 1. The number of anilines is 1. The number of thioether (sulfide) groups is 1. The maximum absolute atomic E-state index is 4.52. The van der Waals surface area contributed by atoms with Crippen molar-refractivity contribution in [2.24, 2.45) is 0 Å². The van der Waals surface area contributed by atoms with Gasteiger partial charge in [0.05, 0.1) is 16.4 Å². The number of halogens is 1. The maximum atomic E-state index is 4.52. The molecule has 0 bridgehead atoms. The van der Waals surface area contributed by atoms with E-state index >= 15 is 0 Å². The zero-order valence-corrected chi connectivity index (χ0v) is 16.3. The second-order valence-corrected chi connectivity index (χ2v) is 7.16. The van der Waals surface area contributed by atoms with Crippen LogP contribution in [0.4, 0.5) is 5.95 Å². The van der Waals surface area contributed by atoms with Crippen molar-refractivity contribution >= 4 is 39.3 Å². The van der Waals surface area contributed by atoms with Crippen molar-refractivity contribution in [3.63, 3.8) is 0 Å². The van der Waals surface area contributed by atoms with E-state index in [4.69, 9.17) is 0 Å². The monoisotopic (exact) mass is 426 g/mol. The van der Waals surface area contributed by atoms with Crippen LogP contribution in [0.5, 0.6) is 0 Å². The highest BCUT2D eigenvalue weighted by molar-refractivity contribution is 9.10. The normalized spacial score (nSPS) is 11.0. The van der Waals surface area contributed by atoms with E-state index in [9.17, 15) is 0 Å². The largest absolute Gasteiger partial charge is 0.350 e. The van der Waals surface area contributed by atoms with Crippen molar-refractivity contribution in [2.45, 2.75) is 11.7 Å². The number of nitrogens with one attached hydrogen (secondary N) is 1. The molecule has 0 aliphatic rings. The van der Waals surface area contributed by atoms with Gasteiger partial charge in [0.1, 0.15) is 0 Å². The first-order valence-electron chi connectivity index (χ1n) is 7.94. The zero-order chi connectivity index (χ0) is 17.9. The van der Waals surface area contributed by atoms with Gasteiger partial charge >= 0.3 is 0 Å². The van der Waals surface area contributed by atoms with Crippen molar-refractivity contribution in [1.82, 2.24) is 24.6 Å². The highest BCUT2D eigenvalue weighted by Crippen LogP contribution is 2.22. The minimum absolute atomic E-state index is 0.639. The third kappa shape index (κ3) is 3.42. The highest BCUT2D eigenvalue weighted by Gasteiger charge is 2.11. The molecule has 1 aromatic carbocycles. The summed E-state index contributed by atoms with van der Waals surface area (Å²) in [6.07, 6.45) is 5.48. The third-order valence-electron chi connectivity index (χ3n) is 3.85. The lowest BCUT2D eigenvalue weighted by molar-refractivity contribution is 0.830. The molecular weight excluding hydrogens is 412 g/mol. The van der Waals surface area contributed by atoms with Crippen LogP contribution >= 0.6 is 27.7 Å². The fourth-order valence-corrected chi connectivity index (χ4v) is 3.25. The molecule has 8 heteroatoms. The standard InChI is InChI=1S/C18H15BrN6S/c1-26-18-23-16-14(19)11-22-25(16)17(24-18)21-10-12-5-7-13(8-6-12)15-4-2-3-9-20-15/h2-9,11H,10H2,1H3,(H,21,23,24). The van der Waals surface area contributed by atoms with Gasteiger partial charge in [-0.25, -0.2) is 4.98 Å². The predicted molar refractivity (Wildman–Crippen MR) is 107 cm³/mol. The smallest absolute Gasteiger partial charge is 0.228 e. The Morgan fingerprint density at radius 3 is 2.69 bits per heavy atom. The molecule has 0 spiro atoms. The van der Waals surface area contributed by atoms with Crippen LogP contribution in [0.25, 0.3) is 16.9 Å². The predicted octanol–water partition coefficient (Wildman–Crippen LogP) is 4.28. The summed E-state index contributed by atoms with van der Waals surface area (Å²) in [5, 5.41) is 8.38. The van der Waals surface area contributed by atoms with Crippen LogP contribution in [0.15, 0.2) is 64.5 Å². The molecule has 0 unspecified atom stereocenters. The Labute approximate surface area is 163 Å². The first-order chi connectivity index (χ1) is 12.7. The number of hydrogen-bond acceptors (Lipinski definition) is 6. The van der Waals surface area contributed by atoms with E-state index < -0.39 is 0 Å². The summed E-state index contributed by atoms with van der Waals surface area (Å²) in [5.74, 6) is 0.666.